The number of rotatable bonds is 3. The van der Waals surface area contributed by atoms with Crippen molar-refractivity contribution in [2.45, 2.75) is 13.3 Å². The van der Waals surface area contributed by atoms with E-state index in [-0.39, 0.29) is 11.7 Å². The molecule has 1 aliphatic heterocycles. The minimum atomic E-state index is -0.291. The average Bonchev–Trinajstić information content (AvgIpc) is 3.02. The van der Waals surface area contributed by atoms with Gasteiger partial charge in [0.25, 0.3) is 0 Å². The highest BCUT2D eigenvalue weighted by Crippen LogP contribution is 2.28. The fourth-order valence-corrected chi connectivity index (χ4v) is 2.99. The van der Waals surface area contributed by atoms with Crippen molar-refractivity contribution in [3.8, 4) is 5.69 Å². The van der Waals surface area contributed by atoms with E-state index < -0.39 is 0 Å². The molecule has 3 rings (SSSR count). The molecule has 0 N–H and O–H groups in total. The second-order valence-electron chi connectivity index (χ2n) is 5.26. The highest BCUT2D eigenvalue weighted by Gasteiger charge is 2.32. The van der Waals surface area contributed by atoms with Crippen molar-refractivity contribution in [1.82, 2.24) is 9.78 Å². The van der Waals surface area contributed by atoms with Crippen LogP contribution in [0.5, 0.6) is 0 Å². The number of amides is 1. The lowest BCUT2D eigenvalue weighted by atomic mass is 10.2. The van der Waals surface area contributed by atoms with Crippen LogP contribution >= 0.6 is 15.9 Å². The molecule has 1 unspecified atom stereocenters. The molecule has 0 bridgehead atoms. The molecule has 110 valence electrons. The third-order valence-electron chi connectivity index (χ3n) is 3.58. The van der Waals surface area contributed by atoms with E-state index in [9.17, 15) is 9.18 Å². The van der Waals surface area contributed by atoms with Crippen LogP contribution in [-0.2, 0) is 4.79 Å². The number of halogens is 2. The van der Waals surface area contributed by atoms with E-state index in [1.807, 2.05) is 13.0 Å². The SMILES string of the molecule is Cc1cc(N2CC(CBr)CC2=O)n(-c2ccc(F)cc2)n1. The lowest BCUT2D eigenvalue weighted by molar-refractivity contribution is -0.117. The Morgan fingerprint density at radius 3 is 2.71 bits per heavy atom. The summed E-state index contributed by atoms with van der Waals surface area (Å²) in [7, 11) is 0. The van der Waals surface area contributed by atoms with Crippen molar-refractivity contribution in [2.75, 3.05) is 16.8 Å². The van der Waals surface area contributed by atoms with Crippen molar-refractivity contribution in [1.29, 1.82) is 0 Å². The number of aryl methyl sites for hydroxylation is 1. The van der Waals surface area contributed by atoms with Gasteiger partial charge in [0.15, 0.2) is 0 Å². The van der Waals surface area contributed by atoms with E-state index in [4.69, 9.17) is 0 Å². The van der Waals surface area contributed by atoms with Gasteiger partial charge in [-0.25, -0.2) is 9.07 Å². The second-order valence-corrected chi connectivity index (χ2v) is 5.91. The summed E-state index contributed by atoms with van der Waals surface area (Å²) in [5.74, 6) is 0.866. The predicted octanol–water partition coefficient (Wildman–Crippen LogP) is 3.07. The van der Waals surface area contributed by atoms with Crippen molar-refractivity contribution in [2.24, 2.45) is 5.92 Å². The monoisotopic (exact) mass is 351 g/mol. The van der Waals surface area contributed by atoms with Crippen molar-refractivity contribution < 1.29 is 9.18 Å². The fourth-order valence-electron chi connectivity index (χ4n) is 2.56. The molecule has 0 aliphatic carbocycles. The number of carbonyl (C=O) groups is 1. The number of aromatic nitrogens is 2. The zero-order valence-corrected chi connectivity index (χ0v) is 13.2. The first-order valence-electron chi connectivity index (χ1n) is 6.77. The first-order valence-corrected chi connectivity index (χ1v) is 7.89. The van der Waals surface area contributed by atoms with Crippen LogP contribution in [0.2, 0.25) is 0 Å². The molecule has 2 aromatic rings. The number of alkyl halides is 1. The molecule has 2 heterocycles. The number of carbonyl (C=O) groups excluding carboxylic acids is 1. The summed E-state index contributed by atoms with van der Waals surface area (Å²) in [5.41, 5.74) is 1.57. The largest absolute Gasteiger partial charge is 0.296 e. The molecule has 0 spiro atoms. The molecule has 1 aromatic carbocycles. The Labute approximate surface area is 130 Å². The van der Waals surface area contributed by atoms with E-state index in [2.05, 4.69) is 21.0 Å². The van der Waals surface area contributed by atoms with E-state index in [0.717, 1.165) is 22.5 Å². The average molecular weight is 352 g/mol. The third-order valence-corrected chi connectivity index (χ3v) is 4.50. The van der Waals surface area contributed by atoms with Gasteiger partial charge in [-0.1, -0.05) is 15.9 Å². The summed E-state index contributed by atoms with van der Waals surface area (Å²) in [6.45, 7) is 2.56. The Hall–Kier alpha value is -1.69. The summed E-state index contributed by atoms with van der Waals surface area (Å²) in [6.07, 6.45) is 0.541. The van der Waals surface area contributed by atoms with Gasteiger partial charge in [-0.15, -0.1) is 0 Å². The third kappa shape index (κ3) is 2.72. The van der Waals surface area contributed by atoms with Gasteiger partial charge in [-0.3, -0.25) is 9.69 Å². The molecule has 4 nitrogen and oxygen atoms in total. The normalized spacial score (nSPS) is 18.5. The molecule has 0 radical (unpaired) electrons. The number of anilines is 1. The van der Waals surface area contributed by atoms with Gasteiger partial charge in [0.05, 0.1) is 11.4 Å². The number of hydrogen-bond donors (Lipinski definition) is 0. The predicted molar refractivity (Wildman–Crippen MR) is 82.5 cm³/mol. The van der Waals surface area contributed by atoms with Gasteiger partial charge >= 0.3 is 0 Å². The van der Waals surface area contributed by atoms with Crippen LogP contribution in [0.3, 0.4) is 0 Å². The zero-order valence-electron chi connectivity index (χ0n) is 11.6. The van der Waals surface area contributed by atoms with Gasteiger partial charge in [-0.2, -0.15) is 5.10 Å². The van der Waals surface area contributed by atoms with Crippen molar-refractivity contribution in [3.05, 3.63) is 41.8 Å². The minimum Gasteiger partial charge on any atom is -0.296 e. The maximum atomic E-state index is 13.1. The van der Waals surface area contributed by atoms with Crippen LogP contribution in [0.15, 0.2) is 30.3 Å². The molecular formula is C15H15BrFN3O. The van der Waals surface area contributed by atoms with E-state index in [1.54, 1.807) is 21.7 Å². The molecular weight excluding hydrogens is 337 g/mol. The van der Waals surface area contributed by atoms with Crippen LogP contribution < -0.4 is 4.90 Å². The fraction of sp³-hybridized carbons (Fsp3) is 0.333. The van der Waals surface area contributed by atoms with Gasteiger partial charge in [0.2, 0.25) is 5.91 Å². The lowest BCUT2D eigenvalue weighted by Crippen LogP contribution is -2.27. The molecule has 1 saturated heterocycles. The molecule has 1 aliphatic rings. The summed E-state index contributed by atoms with van der Waals surface area (Å²) in [6, 6.07) is 7.99. The van der Waals surface area contributed by atoms with Crippen LogP contribution in [0, 0.1) is 18.7 Å². The highest BCUT2D eigenvalue weighted by molar-refractivity contribution is 9.09. The molecule has 1 amide bonds. The maximum Gasteiger partial charge on any atom is 0.228 e. The highest BCUT2D eigenvalue weighted by atomic mass is 79.9. The minimum absolute atomic E-state index is 0.0997. The van der Waals surface area contributed by atoms with Gasteiger partial charge in [0, 0.05) is 24.4 Å². The molecule has 6 heteroatoms. The van der Waals surface area contributed by atoms with Crippen molar-refractivity contribution >= 4 is 27.7 Å². The number of hydrogen-bond acceptors (Lipinski definition) is 2. The zero-order chi connectivity index (χ0) is 15.0. The summed E-state index contributed by atoms with van der Waals surface area (Å²) >= 11 is 3.44. The summed E-state index contributed by atoms with van der Waals surface area (Å²) in [5, 5.41) is 5.23. The van der Waals surface area contributed by atoms with Crippen molar-refractivity contribution in [3.63, 3.8) is 0 Å². The van der Waals surface area contributed by atoms with Gasteiger partial charge < -0.3 is 0 Å². The van der Waals surface area contributed by atoms with E-state index in [1.165, 1.54) is 12.1 Å². The molecule has 1 fully saturated rings. The molecule has 21 heavy (non-hydrogen) atoms. The first-order chi connectivity index (χ1) is 10.1. The van der Waals surface area contributed by atoms with Gasteiger partial charge in [0.1, 0.15) is 11.6 Å². The molecule has 0 saturated carbocycles. The Morgan fingerprint density at radius 1 is 1.38 bits per heavy atom. The standard InChI is InChI=1S/C15H15BrFN3O/c1-10-6-14(19-9-11(8-16)7-15(19)21)20(18-10)13-4-2-12(17)3-5-13/h2-6,11H,7-9H2,1H3. The van der Waals surface area contributed by atoms with Crippen LogP contribution in [-0.4, -0.2) is 27.6 Å². The van der Waals surface area contributed by atoms with E-state index >= 15 is 0 Å². The Morgan fingerprint density at radius 2 is 2.10 bits per heavy atom. The summed E-state index contributed by atoms with van der Waals surface area (Å²) in [4.78, 5) is 14.0. The quantitative estimate of drug-likeness (QED) is 0.797. The number of nitrogens with zero attached hydrogens (tertiary/aromatic N) is 3. The smallest absolute Gasteiger partial charge is 0.228 e. The Balaban J connectivity index is 2.00. The Bertz CT molecular complexity index is 668. The van der Waals surface area contributed by atoms with E-state index in [0.29, 0.717) is 18.9 Å². The lowest BCUT2D eigenvalue weighted by Gasteiger charge is -2.17. The Kier molecular flexibility index (Phi) is 3.80. The number of benzene rings is 1. The topological polar surface area (TPSA) is 38.1 Å². The maximum absolute atomic E-state index is 13.1. The first kappa shape index (κ1) is 14.3. The van der Waals surface area contributed by atoms with Crippen LogP contribution in [0.1, 0.15) is 12.1 Å². The van der Waals surface area contributed by atoms with Crippen LogP contribution in [0.25, 0.3) is 5.69 Å². The summed E-state index contributed by atoms with van der Waals surface area (Å²) < 4.78 is 14.8. The van der Waals surface area contributed by atoms with Crippen LogP contribution in [0.4, 0.5) is 10.2 Å². The second kappa shape index (κ2) is 5.60. The van der Waals surface area contributed by atoms with Gasteiger partial charge in [-0.05, 0) is 37.1 Å². The molecule has 1 aromatic heterocycles. The molecule has 1 atom stereocenters.